The summed E-state index contributed by atoms with van der Waals surface area (Å²) in [6, 6.07) is 6.55. The summed E-state index contributed by atoms with van der Waals surface area (Å²) >= 11 is 0. The van der Waals surface area contributed by atoms with Gasteiger partial charge in [-0.05, 0) is 0 Å². The summed E-state index contributed by atoms with van der Waals surface area (Å²) in [5.41, 5.74) is 0.682. The molecule has 0 saturated carbocycles. The van der Waals surface area contributed by atoms with Crippen LogP contribution in [0.4, 0.5) is 5.69 Å². The van der Waals surface area contributed by atoms with Crippen molar-refractivity contribution in [1.82, 2.24) is 15.0 Å². The lowest BCUT2D eigenvalue weighted by atomic mass is 10.1. The van der Waals surface area contributed by atoms with E-state index < -0.39 is 4.92 Å². The predicted molar refractivity (Wildman–Crippen MR) is 55.7 cm³/mol. The van der Waals surface area contributed by atoms with Gasteiger partial charge in [-0.25, -0.2) is 15.0 Å². The van der Waals surface area contributed by atoms with Gasteiger partial charge in [0.05, 0.1) is 4.92 Å². The van der Waals surface area contributed by atoms with Gasteiger partial charge in [-0.3, -0.25) is 10.1 Å². The first-order chi connectivity index (χ1) is 7.77. The van der Waals surface area contributed by atoms with Gasteiger partial charge >= 0.3 is 0 Å². The van der Waals surface area contributed by atoms with E-state index in [4.69, 9.17) is 0 Å². The zero-order valence-electron chi connectivity index (χ0n) is 8.28. The molecule has 0 saturated heterocycles. The maximum atomic E-state index is 10.8. The lowest BCUT2D eigenvalue weighted by Gasteiger charge is -2.00. The van der Waals surface area contributed by atoms with E-state index in [9.17, 15) is 10.1 Å². The van der Waals surface area contributed by atoms with Gasteiger partial charge in [0.2, 0.25) is 0 Å². The zero-order valence-corrected chi connectivity index (χ0v) is 8.28. The Bertz CT molecular complexity index is 501. The molecule has 2 rings (SSSR count). The topological polar surface area (TPSA) is 81.8 Å². The molecule has 0 aliphatic rings. The van der Waals surface area contributed by atoms with Gasteiger partial charge in [-0.15, -0.1) is 0 Å². The highest BCUT2D eigenvalue weighted by Crippen LogP contribution is 2.19. The molecule has 0 bridgehead atoms. The van der Waals surface area contributed by atoms with Gasteiger partial charge < -0.3 is 0 Å². The Hall–Kier alpha value is -2.37. The molecular formula is C10H8N4O2. The number of nitro groups is 1. The monoisotopic (exact) mass is 216 g/mol. The van der Waals surface area contributed by atoms with E-state index in [1.54, 1.807) is 18.2 Å². The molecule has 6 nitrogen and oxygen atoms in total. The molecule has 6 heteroatoms. The average molecular weight is 216 g/mol. The van der Waals surface area contributed by atoms with Crippen LogP contribution in [-0.2, 0) is 6.42 Å². The van der Waals surface area contributed by atoms with Crippen LogP contribution in [0.5, 0.6) is 0 Å². The molecule has 0 atom stereocenters. The molecule has 0 fully saturated rings. The van der Waals surface area contributed by atoms with Crippen LogP contribution >= 0.6 is 0 Å². The number of aromatic nitrogens is 3. The van der Waals surface area contributed by atoms with Crippen molar-refractivity contribution in [3.63, 3.8) is 0 Å². The van der Waals surface area contributed by atoms with E-state index in [0.717, 1.165) is 0 Å². The van der Waals surface area contributed by atoms with Crippen LogP contribution in [0.2, 0.25) is 0 Å². The molecule has 1 aromatic heterocycles. The Morgan fingerprint density at radius 3 is 2.56 bits per heavy atom. The Balaban J connectivity index is 2.31. The summed E-state index contributed by atoms with van der Waals surface area (Å²) < 4.78 is 0. The summed E-state index contributed by atoms with van der Waals surface area (Å²) in [6.07, 6.45) is 3.08. The Morgan fingerprint density at radius 1 is 1.19 bits per heavy atom. The lowest BCUT2D eigenvalue weighted by molar-refractivity contribution is -0.385. The highest BCUT2D eigenvalue weighted by atomic mass is 16.6. The molecule has 0 unspecified atom stereocenters. The number of nitrogens with zero attached hydrogens (tertiary/aromatic N) is 4. The summed E-state index contributed by atoms with van der Waals surface area (Å²) in [5, 5.41) is 10.8. The van der Waals surface area contributed by atoms with E-state index in [1.165, 1.54) is 18.7 Å². The molecule has 0 N–H and O–H groups in total. The Morgan fingerprint density at radius 2 is 1.88 bits per heavy atom. The van der Waals surface area contributed by atoms with Crippen molar-refractivity contribution in [2.24, 2.45) is 0 Å². The van der Waals surface area contributed by atoms with Crippen molar-refractivity contribution in [1.29, 1.82) is 0 Å². The molecule has 16 heavy (non-hydrogen) atoms. The molecule has 80 valence electrons. The summed E-state index contributed by atoms with van der Waals surface area (Å²) in [6.45, 7) is 0. The summed E-state index contributed by atoms with van der Waals surface area (Å²) in [7, 11) is 0. The van der Waals surface area contributed by atoms with Crippen molar-refractivity contribution in [3.8, 4) is 0 Å². The molecule has 2 aromatic rings. The minimum absolute atomic E-state index is 0.0860. The van der Waals surface area contributed by atoms with Crippen molar-refractivity contribution in [3.05, 3.63) is 58.4 Å². The number of benzene rings is 1. The van der Waals surface area contributed by atoms with Gasteiger partial charge in [0, 0.05) is 18.1 Å². The second-order valence-electron chi connectivity index (χ2n) is 3.12. The second-order valence-corrected chi connectivity index (χ2v) is 3.12. The summed E-state index contributed by atoms with van der Waals surface area (Å²) in [4.78, 5) is 21.9. The standard InChI is InChI=1S/C10H8N4O2/c15-14(16)9-4-2-1-3-8(9)5-10-12-6-11-7-13-10/h1-4,6-7H,5H2. The number of para-hydroxylation sites is 1. The van der Waals surface area contributed by atoms with Crippen LogP contribution in [0.25, 0.3) is 0 Å². The quantitative estimate of drug-likeness (QED) is 0.571. The van der Waals surface area contributed by atoms with Gasteiger partial charge in [-0.2, -0.15) is 0 Å². The van der Waals surface area contributed by atoms with Crippen LogP contribution in [-0.4, -0.2) is 19.9 Å². The molecule has 0 aliphatic carbocycles. The van der Waals surface area contributed by atoms with Gasteiger partial charge in [-0.1, -0.05) is 18.2 Å². The molecule has 0 aliphatic heterocycles. The maximum Gasteiger partial charge on any atom is 0.273 e. The van der Waals surface area contributed by atoms with Crippen LogP contribution in [0.1, 0.15) is 11.4 Å². The largest absolute Gasteiger partial charge is 0.273 e. The van der Waals surface area contributed by atoms with E-state index >= 15 is 0 Å². The van der Waals surface area contributed by atoms with E-state index in [2.05, 4.69) is 15.0 Å². The number of nitro benzene ring substituents is 1. The highest BCUT2D eigenvalue weighted by Gasteiger charge is 2.13. The Labute approximate surface area is 91.2 Å². The highest BCUT2D eigenvalue weighted by molar-refractivity contribution is 5.41. The van der Waals surface area contributed by atoms with Gasteiger partial charge in [0.1, 0.15) is 18.5 Å². The van der Waals surface area contributed by atoms with Crippen LogP contribution in [0.15, 0.2) is 36.9 Å². The van der Waals surface area contributed by atoms with Crippen LogP contribution in [0, 0.1) is 10.1 Å². The van der Waals surface area contributed by atoms with Crippen molar-refractivity contribution in [2.45, 2.75) is 6.42 Å². The summed E-state index contributed by atoms with van der Waals surface area (Å²) in [5.74, 6) is 0.518. The molecule has 1 aromatic carbocycles. The Kier molecular flexibility index (Phi) is 2.81. The maximum absolute atomic E-state index is 10.8. The van der Waals surface area contributed by atoms with E-state index in [-0.39, 0.29) is 5.69 Å². The van der Waals surface area contributed by atoms with Crippen LogP contribution < -0.4 is 0 Å². The molecule has 1 heterocycles. The second kappa shape index (κ2) is 4.43. The predicted octanol–water partition coefficient (Wildman–Crippen LogP) is 1.37. The minimum atomic E-state index is -0.406. The first kappa shape index (κ1) is 10.2. The minimum Gasteiger partial charge on any atom is -0.258 e. The van der Waals surface area contributed by atoms with Gasteiger partial charge in [0.15, 0.2) is 0 Å². The molecular weight excluding hydrogens is 208 g/mol. The molecule has 0 radical (unpaired) electrons. The number of rotatable bonds is 3. The molecule has 0 spiro atoms. The van der Waals surface area contributed by atoms with Crippen molar-refractivity contribution >= 4 is 5.69 Å². The smallest absolute Gasteiger partial charge is 0.258 e. The van der Waals surface area contributed by atoms with Gasteiger partial charge in [0.25, 0.3) is 5.69 Å². The average Bonchev–Trinajstić information content (AvgIpc) is 2.31. The first-order valence-corrected chi connectivity index (χ1v) is 4.60. The van der Waals surface area contributed by atoms with E-state index in [0.29, 0.717) is 17.8 Å². The normalized spacial score (nSPS) is 10.0. The molecule has 0 amide bonds. The van der Waals surface area contributed by atoms with E-state index in [1.807, 2.05) is 0 Å². The zero-order chi connectivity index (χ0) is 11.4. The van der Waals surface area contributed by atoms with Crippen molar-refractivity contribution in [2.75, 3.05) is 0 Å². The number of hydrogen-bond donors (Lipinski definition) is 0. The SMILES string of the molecule is O=[N+]([O-])c1ccccc1Cc1ncncn1. The first-order valence-electron chi connectivity index (χ1n) is 4.60. The third-order valence-corrected chi connectivity index (χ3v) is 2.08. The van der Waals surface area contributed by atoms with Crippen LogP contribution in [0.3, 0.4) is 0 Å². The third kappa shape index (κ3) is 2.17. The fourth-order valence-electron chi connectivity index (χ4n) is 1.36. The fraction of sp³-hybridized carbons (Fsp3) is 0.100. The third-order valence-electron chi connectivity index (χ3n) is 2.08. The van der Waals surface area contributed by atoms with Crippen molar-refractivity contribution < 1.29 is 4.92 Å². The fourth-order valence-corrected chi connectivity index (χ4v) is 1.36. The number of hydrogen-bond acceptors (Lipinski definition) is 5. The lowest BCUT2D eigenvalue weighted by Crippen LogP contribution is -2.00.